The van der Waals surface area contributed by atoms with Crippen LogP contribution >= 0.6 is 11.6 Å². The summed E-state index contributed by atoms with van der Waals surface area (Å²) < 4.78 is 19.6. The van der Waals surface area contributed by atoms with Crippen LogP contribution in [0.5, 0.6) is 0 Å². The van der Waals surface area contributed by atoms with Crippen molar-refractivity contribution in [3.8, 4) is 0 Å². The first-order valence-electron chi connectivity index (χ1n) is 4.60. The van der Waals surface area contributed by atoms with Gasteiger partial charge in [-0.05, 0) is 33.6 Å². The van der Waals surface area contributed by atoms with Crippen LogP contribution in [0.3, 0.4) is 0 Å². The van der Waals surface area contributed by atoms with Crippen LogP contribution < -0.4 is 10.5 Å². The molecule has 0 heterocycles. The molecule has 1 saturated carbocycles. The lowest BCUT2D eigenvalue weighted by Crippen LogP contribution is -2.39. The Morgan fingerprint density at radius 1 is 1.44 bits per heavy atom. The van der Waals surface area contributed by atoms with Crippen molar-refractivity contribution in [2.75, 3.05) is 0 Å². The average Bonchev–Trinajstić information content (AvgIpc) is 2.61. The summed E-state index contributed by atoms with van der Waals surface area (Å²) in [5.41, 5.74) is -0.328. The van der Waals surface area contributed by atoms with E-state index in [4.69, 9.17) is 21.8 Å². The van der Waals surface area contributed by atoms with Crippen LogP contribution in [0, 0.1) is 0 Å². The van der Waals surface area contributed by atoms with Gasteiger partial charge in [-0.15, -0.1) is 11.6 Å². The first-order chi connectivity index (χ1) is 6.87. The molecule has 4 N–H and O–H groups in total. The molecule has 0 aromatic rings. The quantitative estimate of drug-likeness (QED) is 0.620. The van der Waals surface area contributed by atoms with E-state index >= 15 is 0 Å². The summed E-state index contributed by atoms with van der Waals surface area (Å²) in [6.45, 7) is 5.38. The highest BCUT2D eigenvalue weighted by molar-refractivity contribution is 7.92. The average molecular weight is 273 g/mol. The highest BCUT2D eigenvalue weighted by Gasteiger charge is 2.51. The predicted octanol–water partition coefficient (Wildman–Crippen LogP) is 1.06. The number of amides is 1. The first-order valence-corrected chi connectivity index (χ1v) is 6.52. The molecule has 1 aliphatic carbocycles. The summed E-state index contributed by atoms with van der Waals surface area (Å²) in [7, 11) is -3.46. The van der Waals surface area contributed by atoms with Crippen LogP contribution in [0.1, 0.15) is 33.6 Å². The van der Waals surface area contributed by atoms with Gasteiger partial charge in [0.1, 0.15) is 0 Å². The third-order valence-electron chi connectivity index (χ3n) is 1.63. The zero-order valence-electron chi connectivity index (χ0n) is 9.45. The summed E-state index contributed by atoms with van der Waals surface area (Å²) in [5.74, 6) is 0. The van der Waals surface area contributed by atoms with Gasteiger partial charge in [-0.2, -0.15) is 0 Å². The van der Waals surface area contributed by atoms with Crippen LogP contribution in [0.15, 0.2) is 0 Å². The van der Waals surface area contributed by atoms with Crippen LogP contribution in [-0.4, -0.2) is 29.4 Å². The van der Waals surface area contributed by atoms with Gasteiger partial charge in [-0.25, -0.2) is 18.4 Å². The molecule has 0 spiro atoms. The third kappa shape index (κ3) is 6.14. The second-order valence-electron chi connectivity index (χ2n) is 4.61. The number of hydrogen-bond acceptors (Lipinski definition) is 3. The van der Waals surface area contributed by atoms with E-state index < -0.39 is 20.3 Å². The summed E-state index contributed by atoms with van der Waals surface area (Å²) in [5, 5.41) is 15.2. The second-order valence-corrected chi connectivity index (χ2v) is 7.43. The zero-order chi connectivity index (χ0) is 13.2. The van der Waals surface area contributed by atoms with Crippen molar-refractivity contribution < 1.29 is 18.3 Å². The Labute approximate surface area is 100 Å². The normalized spacial score (nSPS) is 18.1. The topological polar surface area (TPSA) is 109 Å². The lowest BCUT2D eigenvalue weighted by molar-refractivity contribution is 0.184. The van der Waals surface area contributed by atoms with Gasteiger partial charge < -0.3 is 10.4 Å². The Morgan fingerprint density at radius 3 is 1.81 bits per heavy atom. The van der Waals surface area contributed by atoms with E-state index in [1.807, 2.05) is 0 Å². The Morgan fingerprint density at radius 2 is 1.81 bits per heavy atom. The van der Waals surface area contributed by atoms with Crippen LogP contribution in [0.2, 0.25) is 0 Å². The summed E-state index contributed by atoms with van der Waals surface area (Å²) >= 11 is 5.41. The molecule has 0 radical (unpaired) electrons. The summed E-state index contributed by atoms with van der Waals surface area (Å²) in [4.78, 5) is 9.90. The third-order valence-corrected chi connectivity index (χ3v) is 4.09. The van der Waals surface area contributed by atoms with Crippen LogP contribution in [0.4, 0.5) is 4.79 Å². The number of nitrogens with two attached hydrogens (primary N) is 1. The molecule has 0 atom stereocenters. The van der Waals surface area contributed by atoms with E-state index in [2.05, 4.69) is 5.32 Å². The fourth-order valence-electron chi connectivity index (χ4n) is 0.704. The van der Waals surface area contributed by atoms with E-state index in [9.17, 15) is 13.2 Å². The number of rotatable bonds is 1. The first kappa shape index (κ1) is 15.5. The lowest BCUT2D eigenvalue weighted by atomic mass is 10.1. The highest BCUT2D eigenvalue weighted by Crippen LogP contribution is 2.45. The molecule has 0 aliphatic heterocycles. The Kier molecular flexibility index (Phi) is 4.61. The number of alkyl halides is 1. The maximum absolute atomic E-state index is 10.4. The van der Waals surface area contributed by atoms with E-state index in [-0.39, 0.29) is 5.54 Å². The highest BCUT2D eigenvalue weighted by atomic mass is 35.5. The fourth-order valence-corrected chi connectivity index (χ4v) is 1.47. The van der Waals surface area contributed by atoms with Crippen LogP contribution in [0.25, 0.3) is 0 Å². The molecule has 1 rings (SSSR count). The monoisotopic (exact) mass is 272 g/mol. The molecule has 0 bridgehead atoms. The van der Waals surface area contributed by atoms with Gasteiger partial charge in [-0.3, -0.25) is 0 Å². The molecule has 16 heavy (non-hydrogen) atoms. The number of carboxylic acid groups (broad SMARTS) is 1. The maximum atomic E-state index is 10.4. The Balaban J connectivity index is 0.000000281. The number of carbonyl (C=O) groups is 1. The van der Waals surface area contributed by atoms with Crippen LogP contribution in [-0.2, 0) is 10.0 Å². The van der Waals surface area contributed by atoms with E-state index in [0.29, 0.717) is 12.8 Å². The maximum Gasteiger partial charge on any atom is 0.405 e. The molecule has 8 heteroatoms. The molecule has 1 amide bonds. The summed E-state index contributed by atoms with van der Waals surface area (Å²) in [6, 6.07) is 0. The molecule has 0 aromatic heterocycles. The van der Waals surface area contributed by atoms with Gasteiger partial charge in [0, 0.05) is 5.54 Å². The van der Waals surface area contributed by atoms with Crippen molar-refractivity contribution in [1.29, 1.82) is 0 Å². The van der Waals surface area contributed by atoms with Crippen molar-refractivity contribution in [2.45, 2.75) is 43.4 Å². The van der Waals surface area contributed by atoms with Crippen molar-refractivity contribution in [1.82, 2.24) is 5.32 Å². The van der Waals surface area contributed by atoms with E-state index in [0.717, 1.165) is 0 Å². The second kappa shape index (κ2) is 4.77. The molecule has 96 valence electrons. The van der Waals surface area contributed by atoms with Crippen molar-refractivity contribution >= 4 is 27.7 Å². The van der Waals surface area contributed by atoms with Crippen molar-refractivity contribution in [2.24, 2.45) is 5.14 Å². The van der Waals surface area contributed by atoms with E-state index in [1.165, 1.54) is 0 Å². The lowest BCUT2D eigenvalue weighted by Gasteiger charge is -2.16. The molecular weight excluding hydrogens is 256 g/mol. The fraction of sp³-hybridized carbons (Fsp3) is 0.875. The molecule has 0 aromatic carbocycles. The SMILES string of the molecule is CC(C)(C)NC(=O)O.NS(=O)(=O)C1(Cl)CC1. The molecule has 1 aliphatic rings. The minimum atomic E-state index is -3.46. The van der Waals surface area contributed by atoms with Crippen molar-refractivity contribution in [3.05, 3.63) is 0 Å². The van der Waals surface area contributed by atoms with Gasteiger partial charge >= 0.3 is 6.09 Å². The molecule has 1 fully saturated rings. The van der Waals surface area contributed by atoms with Gasteiger partial charge in [0.2, 0.25) is 10.0 Å². The minimum Gasteiger partial charge on any atom is -0.465 e. The van der Waals surface area contributed by atoms with Crippen molar-refractivity contribution in [3.63, 3.8) is 0 Å². The molecule has 0 saturated heterocycles. The Bertz CT molecular complexity index is 357. The number of sulfonamides is 1. The zero-order valence-corrected chi connectivity index (χ0v) is 11.0. The van der Waals surface area contributed by atoms with Gasteiger partial charge in [0.05, 0.1) is 0 Å². The number of nitrogens with one attached hydrogen (secondary N) is 1. The van der Waals surface area contributed by atoms with E-state index in [1.54, 1.807) is 20.8 Å². The predicted molar refractivity (Wildman–Crippen MR) is 61.8 cm³/mol. The van der Waals surface area contributed by atoms with Gasteiger partial charge in [0.25, 0.3) is 0 Å². The molecular formula is C8H17ClN2O4S. The summed E-state index contributed by atoms with van der Waals surface area (Å²) in [6.07, 6.45) is 0.0123. The Hall–Kier alpha value is -0.530. The van der Waals surface area contributed by atoms with Gasteiger partial charge in [0.15, 0.2) is 4.21 Å². The number of primary sulfonamides is 1. The molecule has 0 unspecified atom stereocenters. The minimum absolute atomic E-state index is 0.328. The molecule has 6 nitrogen and oxygen atoms in total. The smallest absolute Gasteiger partial charge is 0.405 e. The standard InChI is InChI=1S/C5H11NO2.C3H6ClNO2S/c1-5(2,3)6-4(7)8;4-3(1-2-3)8(5,6)7/h6H,1-3H3,(H,7,8);1-2H2,(H2,5,6,7). The number of hydrogen-bond donors (Lipinski definition) is 3. The number of halogens is 1. The van der Waals surface area contributed by atoms with Gasteiger partial charge in [-0.1, -0.05) is 0 Å². The largest absolute Gasteiger partial charge is 0.465 e.